The second-order valence-electron chi connectivity index (χ2n) is 18.5. The molecule has 0 aromatic carbocycles. The van der Waals surface area contributed by atoms with Crippen LogP contribution in [0.2, 0.25) is 0 Å². The van der Waals surface area contributed by atoms with Crippen LogP contribution in [0, 0.1) is 0 Å². The van der Waals surface area contributed by atoms with E-state index in [1.165, 1.54) is 141 Å². The van der Waals surface area contributed by atoms with Crippen molar-refractivity contribution in [1.82, 2.24) is 0 Å². The molecule has 0 spiro atoms. The van der Waals surface area contributed by atoms with Crippen LogP contribution in [0.3, 0.4) is 0 Å². The minimum Gasteiger partial charge on any atom is -0.462 e. The molecule has 0 aliphatic heterocycles. The van der Waals surface area contributed by atoms with E-state index < -0.39 is 6.10 Å². The average molecular weight is 909 g/mol. The molecule has 1 atom stereocenters. The van der Waals surface area contributed by atoms with Crippen LogP contribution in [0.4, 0.5) is 0 Å². The molecular weight excluding hydrogens is 805 g/mol. The van der Waals surface area contributed by atoms with Crippen molar-refractivity contribution in [3.05, 3.63) is 60.8 Å². The van der Waals surface area contributed by atoms with E-state index in [2.05, 4.69) is 81.5 Å². The van der Waals surface area contributed by atoms with E-state index >= 15 is 0 Å². The van der Waals surface area contributed by atoms with Crippen molar-refractivity contribution in [3.8, 4) is 0 Å². The highest BCUT2D eigenvalue weighted by Gasteiger charge is 2.19. The minimum absolute atomic E-state index is 0.0838. The van der Waals surface area contributed by atoms with Gasteiger partial charge in [0.25, 0.3) is 0 Å². The fourth-order valence-electron chi connectivity index (χ4n) is 7.80. The van der Waals surface area contributed by atoms with E-state index in [1.807, 2.05) is 0 Å². The van der Waals surface area contributed by atoms with E-state index in [0.717, 1.165) is 96.3 Å². The Morgan fingerprint density at radius 3 is 0.985 bits per heavy atom. The van der Waals surface area contributed by atoms with Crippen molar-refractivity contribution in [3.63, 3.8) is 0 Å². The van der Waals surface area contributed by atoms with Gasteiger partial charge in [-0.3, -0.25) is 14.4 Å². The van der Waals surface area contributed by atoms with E-state index in [0.29, 0.717) is 19.3 Å². The molecule has 376 valence electrons. The van der Waals surface area contributed by atoms with Crippen LogP contribution in [0.5, 0.6) is 0 Å². The fourth-order valence-corrected chi connectivity index (χ4v) is 7.80. The number of carbonyl (C=O) groups excluding carboxylic acids is 3. The summed E-state index contributed by atoms with van der Waals surface area (Å²) in [5.74, 6) is -0.903. The van der Waals surface area contributed by atoms with E-state index in [4.69, 9.17) is 14.2 Å². The number of hydrogen-bond donors (Lipinski definition) is 0. The first kappa shape index (κ1) is 62.1. The lowest BCUT2D eigenvalue weighted by Crippen LogP contribution is -2.30. The molecule has 0 aromatic rings. The molecule has 0 saturated heterocycles. The Kier molecular flexibility index (Phi) is 51.3. The highest BCUT2D eigenvalue weighted by Crippen LogP contribution is 2.15. The third-order valence-corrected chi connectivity index (χ3v) is 12.0. The molecule has 6 nitrogen and oxygen atoms in total. The van der Waals surface area contributed by atoms with Crippen LogP contribution in [0.25, 0.3) is 0 Å². The third-order valence-electron chi connectivity index (χ3n) is 12.0. The van der Waals surface area contributed by atoms with Gasteiger partial charge < -0.3 is 14.2 Å². The third kappa shape index (κ3) is 51.9. The molecule has 0 heterocycles. The van der Waals surface area contributed by atoms with Crippen LogP contribution in [0.1, 0.15) is 278 Å². The molecule has 0 saturated carbocycles. The van der Waals surface area contributed by atoms with Gasteiger partial charge in [0, 0.05) is 19.3 Å². The summed E-state index contributed by atoms with van der Waals surface area (Å²) in [4.78, 5) is 38.1. The molecule has 0 aliphatic carbocycles. The zero-order valence-corrected chi connectivity index (χ0v) is 43.0. The standard InChI is InChI=1S/C59H104O6/c1-4-7-10-13-16-19-22-25-27-29-30-31-33-34-37-40-43-46-49-52-58(61)64-55-56(54-63-57(60)51-48-45-42-39-36-24-21-18-15-12-9-6-3)65-59(62)53-50-47-44-41-38-35-32-28-26-23-20-17-14-11-8-5-2/h8,11,17-18,20-21,26,28-30,56H,4-7,9-10,12-16,19,22-25,27,31-55H2,1-3H3/b11-8-,20-17-,21-18-,28-26-,30-29-. The number of hydrogen-bond acceptors (Lipinski definition) is 6. The molecule has 0 rings (SSSR count). The smallest absolute Gasteiger partial charge is 0.306 e. The molecule has 1 unspecified atom stereocenters. The van der Waals surface area contributed by atoms with Crippen molar-refractivity contribution < 1.29 is 28.6 Å². The van der Waals surface area contributed by atoms with Crippen molar-refractivity contribution in [2.24, 2.45) is 0 Å². The fraction of sp³-hybridized carbons (Fsp3) is 0.780. The van der Waals surface area contributed by atoms with Crippen LogP contribution in [-0.4, -0.2) is 37.2 Å². The summed E-state index contributed by atoms with van der Waals surface area (Å²) >= 11 is 0. The average Bonchev–Trinajstić information content (AvgIpc) is 3.30. The van der Waals surface area contributed by atoms with Crippen molar-refractivity contribution in [1.29, 1.82) is 0 Å². The topological polar surface area (TPSA) is 78.9 Å². The van der Waals surface area contributed by atoms with E-state index in [1.54, 1.807) is 0 Å². The molecule has 0 N–H and O–H groups in total. The first-order valence-electron chi connectivity index (χ1n) is 27.8. The molecule has 65 heavy (non-hydrogen) atoms. The molecule has 0 amide bonds. The van der Waals surface area contributed by atoms with Crippen molar-refractivity contribution in [2.75, 3.05) is 13.2 Å². The van der Waals surface area contributed by atoms with E-state index in [9.17, 15) is 14.4 Å². The predicted molar refractivity (Wildman–Crippen MR) is 279 cm³/mol. The van der Waals surface area contributed by atoms with Crippen molar-refractivity contribution >= 4 is 17.9 Å². The summed E-state index contributed by atoms with van der Waals surface area (Å²) in [5.41, 5.74) is 0. The number of carbonyl (C=O) groups is 3. The zero-order chi connectivity index (χ0) is 47.2. The van der Waals surface area contributed by atoms with Gasteiger partial charge in [-0.25, -0.2) is 0 Å². The maximum atomic E-state index is 12.8. The van der Waals surface area contributed by atoms with E-state index in [-0.39, 0.29) is 31.1 Å². The Labute approximate surface area is 402 Å². The molecule has 0 bridgehead atoms. The van der Waals surface area contributed by atoms with Crippen LogP contribution >= 0.6 is 0 Å². The maximum absolute atomic E-state index is 12.8. The quantitative estimate of drug-likeness (QED) is 0.0262. The summed E-state index contributed by atoms with van der Waals surface area (Å²) in [6, 6.07) is 0. The number of allylic oxidation sites excluding steroid dienone is 10. The SMILES string of the molecule is CC/C=C\C/C=C\C/C=C\CCCCCCCCC(=O)OC(COC(=O)CCCCCCC/C=C\CCCCC)COC(=O)CCCCCCCCC/C=C\CCCCCCCCCC. The Morgan fingerprint density at radius 2 is 0.600 bits per heavy atom. The van der Waals surface area contributed by atoms with Gasteiger partial charge in [-0.1, -0.05) is 216 Å². The Hall–Kier alpha value is -2.89. The number of ether oxygens (including phenoxy) is 3. The van der Waals surface area contributed by atoms with Gasteiger partial charge in [-0.15, -0.1) is 0 Å². The van der Waals surface area contributed by atoms with Gasteiger partial charge in [0.1, 0.15) is 13.2 Å². The molecule has 0 fully saturated rings. The summed E-state index contributed by atoms with van der Waals surface area (Å²) in [6.45, 7) is 6.50. The van der Waals surface area contributed by atoms with Crippen LogP contribution in [0.15, 0.2) is 60.8 Å². The molecule has 6 heteroatoms. The molecule has 0 aliphatic rings. The number of esters is 3. The Bertz CT molecular complexity index is 1180. The molecule has 0 aromatic heterocycles. The van der Waals surface area contributed by atoms with Crippen LogP contribution < -0.4 is 0 Å². The normalized spacial score (nSPS) is 12.5. The first-order valence-corrected chi connectivity index (χ1v) is 27.8. The highest BCUT2D eigenvalue weighted by atomic mass is 16.6. The monoisotopic (exact) mass is 909 g/mol. The summed E-state index contributed by atoms with van der Waals surface area (Å²) in [5, 5.41) is 0. The predicted octanol–water partition coefficient (Wildman–Crippen LogP) is 18.4. The van der Waals surface area contributed by atoms with Gasteiger partial charge in [0.15, 0.2) is 6.10 Å². The lowest BCUT2D eigenvalue weighted by atomic mass is 10.1. The lowest BCUT2D eigenvalue weighted by molar-refractivity contribution is -0.167. The lowest BCUT2D eigenvalue weighted by Gasteiger charge is -2.18. The minimum atomic E-state index is -0.785. The molecule has 0 radical (unpaired) electrons. The van der Waals surface area contributed by atoms with Crippen molar-refractivity contribution in [2.45, 2.75) is 284 Å². The molecular formula is C59H104O6. The van der Waals surface area contributed by atoms with Gasteiger partial charge in [0.2, 0.25) is 0 Å². The first-order chi connectivity index (χ1) is 32.0. The maximum Gasteiger partial charge on any atom is 0.306 e. The summed E-state index contributed by atoms with van der Waals surface area (Å²) in [7, 11) is 0. The summed E-state index contributed by atoms with van der Waals surface area (Å²) in [6.07, 6.45) is 66.4. The second-order valence-corrected chi connectivity index (χ2v) is 18.5. The Balaban J connectivity index is 4.37. The number of rotatable bonds is 50. The largest absolute Gasteiger partial charge is 0.462 e. The number of unbranched alkanes of at least 4 members (excludes halogenated alkanes) is 29. The second kappa shape index (κ2) is 53.7. The highest BCUT2D eigenvalue weighted by molar-refractivity contribution is 5.71. The summed E-state index contributed by atoms with van der Waals surface area (Å²) < 4.78 is 16.8. The van der Waals surface area contributed by atoms with Gasteiger partial charge in [0.05, 0.1) is 0 Å². The van der Waals surface area contributed by atoms with Crippen LogP contribution in [-0.2, 0) is 28.6 Å². The van der Waals surface area contributed by atoms with Gasteiger partial charge in [-0.2, -0.15) is 0 Å². The van der Waals surface area contributed by atoms with Gasteiger partial charge >= 0.3 is 17.9 Å². The van der Waals surface area contributed by atoms with Gasteiger partial charge in [-0.05, 0) is 103 Å². The zero-order valence-electron chi connectivity index (χ0n) is 43.0. The Morgan fingerprint density at radius 1 is 0.323 bits per heavy atom.